The van der Waals surface area contributed by atoms with E-state index in [4.69, 9.17) is 0 Å². The largest absolute Gasteiger partial charge is 0.465 e. The van der Waals surface area contributed by atoms with Crippen molar-refractivity contribution in [3.8, 4) is 0 Å². The number of ether oxygens (including phenoxy) is 1. The maximum absolute atomic E-state index is 12.1. The average Bonchev–Trinajstić information content (AvgIpc) is 2.52. The first-order valence-electron chi connectivity index (χ1n) is 6.32. The van der Waals surface area contributed by atoms with Gasteiger partial charge >= 0.3 is 5.97 Å². The molecule has 0 aliphatic carbocycles. The Balaban J connectivity index is 1.99. The third-order valence-corrected chi connectivity index (χ3v) is 3.89. The third-order valence-electron chi connectivity index (χ3n) is 2.95. The van der Waals surface area contributed by atoms with E-state index in [2.05, 4.69) is 32.6 Å². The molecule has 0 aromatic heterocycles. The standard InChI is InChI=1S/C16H14INO3/c1-21-16(20)12-8-6-11(7-9-12)10-18-15(19)13-4-2-3-5-14(13)17/h2-9H,10H2,1H3,(H,18,19). The van der Waals surface area contributed by atoms with Crippen molar-refractivity contribution in [2.24, 2.45) is 0 Å². The number of amides is 1. The lowest BCUT2D eigenvalue weighted by molar-refractivity contribution is 0.0600. The minimum atomic E-state index is -0.371. The van der Waals surface area contributed by atoms with Crippen LogP contribution in [0.2, 0.25) is 0 Å². The van der Waals surface area contributed by atoms with Crippen molar-refractivity contribution < 1.29 is 14.3 Å². The van der Waals surface area contributed by atoms with Crippen LogP contribution in [0.5, 0.6) is 0 Å². The van der Waals surface area contributed by atoms with Crippen LogP contribution in [-0.4, -0.2) is 19.0 Å². The normalized spacial score (nSPS) is 10.0. The minimum absolute atomic E-state index is 0.114. The molecule has 0 heterocycles. The van der Waals surface area contributed by atoms with E-state index in [1.54, 1.807) is 30.3 Å². The van der Waals surface area contributed by atoms with Crippen LogP contribution in [0.25, 0.3) is 0 Å². The summed E-state index contributed by atoms with van der Waals surface area (Å²) in [4.78, 5) is 23.4. The second-order valence-corrected chi connectivity index (χ2v) is 5.51. The molecule has 5 heteroatoms. The van der Waals surface area contributed by atoms with Gasteiger partial charge in [-0.3, -0.25) is 4.79 Å². The van der Waals surface area contributed by atoms with Crippen LogP contribution in [0.1, 0.15) is 26.3 Å². The molecule has 0 fully saturated rings. The van der Waals surface area contributed by atoms with Gasteiger partial charge in [-0.05, 0) is 52.4 Å². The van der Waals surface area contributed by atoms with Gasteiger partial charge in [-0.1, -0.05) is 24.3 Å². The SMILES string of the molecule is COC(=O)c1ccc(CNC(=O)c2ccccc2I)cc1. The van der Waals surface area contributed by atoms with Gasteiger partial charge in [0.25, 0.3) is 5.91 Å². The lowest BCUT2D eigenvalue weighted by atomic mass is 10.1. The van der Waals surface area contributed by atoms with E-state index in [0.29, 0.717) is 17.7 Å². The molecule has 0 aliphatic heterocycles. The van der Waals surface area contributed by atoms with Crippen molar-refractivity contribution in [1.82, 2.24) is 5.32 Å². The number of methoxy groups -OCH3 is 1. The second kappa shape index (κ2) is 7.21. The number of rotatable bonds is 4. The number of hydrogen-bond donors (Lipinski definition) is 1. The number of esters is 1. The molecule has 0 saturated carbocycles. The van der Waals surface area contributed by atoms with Gasteiger partial charge in [-0.25, -0.2) is 4.79 Å². The second-order valence-electron chi connectivity index (χ2n) is 4.35. The number of halogens is 1. The highest BCUT2D eigenvalue weighted by atomic mass is 127. The van der Waals surface area contributed by atoms with Crippen LogP contribution in [0.3, 0.4) is 0 Å². The predicted molar refractivity (Wildman–Crippen MR) is 88.1 cm³/mol. The Morgan fingerprint density at radius 2 is 1.76 bits per heavy atom. The quantitative estimate of drug-likeness (QED) is 0.640. The highest BCUT2D eigenvalue weighted by Crippen LogP contribution is 2.11. The number of benzene rings is 2. The number of carbonyl (C=O) groups excluding carboxylic acids is 2. The summed E-state index contributed by atoms with van der Waals surface area (Å²) in [6.45, 7) is 0.408. The summed E-state index contributed by atoms with van der Waals surface area (Å²) in [5.74, 6) is -0.485. The van der Waals surface area contributed by atoms with Crippen LogP contribution < -0.4 is 5.32 Å². The molecule has 2 aromatic carbocycles. The first-order valence-corrected chi connectivity index (χ1v) is 7.39. The Hall–Kier alpha value is -1.89. The number of carbonyl (C=O) groups is 2. The highest BCUT2D eigenvalue weighted by molar-refractivity contribution is 14.1. The molecule has 0 atom stereocenters. The number of nitrogens with one attached hydrogen (secondary N) is 1. The molecule has 0 unspecified atom stereocenters. The molecule has 0 radical (unpaired) electrons. The topological polar surface area (TPSA) is 55.4 Å². The predicted octanol–water partition coefficient (Wildman–Crippen LogP) is 3.01. The average molecular weight is 395 g/mol. The van der Waals surface area contributed by atoms with E-state index in [0.717, 1.165) is 9.13 Å². The summed E-state index contributed by atoms with van der Waals surface area (Å²) in [7, 11) is 1.35. The maximum Gasteiger partial charge on any atom is 0.337 e. The maximum atomic E-state index is 12.1. The molecule has 0 bridgehead atoms. The van der Waals surface area contributed by atoms with Gasteiger partial charge in [-0.15, -0.1) is 0 Å². The molecule has 2 aromatic rings. The molecule has 2 rings (SSSR count). The number of hydrogen-bond acceptors (Lipinski definition) is 3. The van der Waals surface area contributed by atoms with Crippen molar-refractivity contribution in [1.29, 1.82) is 0 Å². The summed E-state index contributed by atoms with van der Waals surface area (Å²) in [6, 6.07) is 14.4. The summed E-state index contributed by atoms with van der Waals surface area (Å²) in [5.41, 5.74) is 2.07. The van der Waals surface area contributed by atoms with Gasteiger partial charge < -0.3 is 10.1 Å². The molecule has 108 valence electrons. The lowest BCUT2D eigenvalue weighted by Crippen LogP contribution is -2.23. The highest BCUT2D eigenvalue weighted by Gasteiger charge is 2.09. The molecule has 0 aliphatic rings. The van der Waals surface area contributed by atoms with Crippen LogP contribution in [0, 0.1) is 3.57 Å². The van der Waals surface area contributed by atoms with Crippen molar-refractivity contribution in [3.05, 3.63) is 68.8 Å². The minimum Gasteiger partial charge on any atom is -0.465 e. The van der Waals surface area contributed by atoms with Crippen molar-refractivity contribution in [2.75, 3.05) is 7.11 Å². The van der Waals surface area contributed by atoms with Crippen LogP contribution in [0.4, 0.5) is 0 Å². The van der Waals surface area contributed by atoms with Crippen LogP contribution in [0.15, 0.2) is 48.5 Å². The van der Waals surface area contributed by atoms with E-state index in [1.165, 1.54) is 7.11 Å². The van der Waals surface area contributed by atoms with E-state index in [-0.39, 0.29) is 11.9 Å². The van der Waals surface area contributed by atoms with E-state index >= 15 is 0 Å². The fraction of sp³-hybridized carbons (Fsp3) is 0.125. The molecule has 1 N–H and O–H groups in total. The van der Waals surface area contributed by atoms with Crippen LogP contribution in [-0.2, 0) is 11.3 Å². The molecule has 21 heavy (non-hydrogen) atoms. The summed E-state index contributed by atoms with van der Waals surface area (Å²) >= 11 is 2.13. The van der Waals surface area contributed by atoms with Gasteiger partial charge in [0.15, 0.2) is 0 Å². The Labute approximate surface area is 136 Å². The van der Waals surface area contributed by atoms with Crippen molar-refractivity contribution in [3.63, 3.8) is 0 Å². The van der Waals surface area contributed by atoms with E-state index < -0.39 is 0 Å². The van der Waals surface area contributed by atoms with Gasteiger partial charge in [-0.2, -0.15) is 0 Å². The molecule has 4 nitrogen and oxygen atoms in total. The molecular weight excluding hydrogens is 381 g/mol. The van der Waals surface area contributed by atoms with Crippen molar-refractivity contribution >= 4 is 34.5 Å². The van der Waals surface area contributed by atoms with Gasteiger partial charge in [0.05, 0.1) is 18.2 Å². The fourth-order valence-corrected chi connectivity index (χ4v) is 2.43. The monoisotopic (exact) mass is 395 g/mol. The Bertz CT molecular complexity index is 653. The zero-order valence-corrected chi connectivity index (χ0v) is 13.6. The first kappa shape index (κ1) is 15.5. The van der Waals surface area contributed by atoms with Gasteiger partial charge in [0, 0.05) is 10.1 Å². The Kier molecular flexibility index (Phi) is 5.32. The molecule has 1 amide bonds. The third kappa shape index (κ3) is 4.04. The van der Waals surface area contributed by atoms with Gasteiger partial charge in [0.2, 0.25) is 0 Å². The summed E-state index contributed by atoms with van der Waals surface area (Å²) in [6.07, 6.45) is 0. The summed E-state index contributed by atoms with van der Waals surface area (Å²) < 4.78 is 5.55. The van der Waals surface area contributed by atoms with Crippen LogP contribution >= 0.6 is 22.6 Å². The lowest BCUT2D eigenvalue weighted by Gasteiger charge is -2.07. The Morgan fingerprint density at radius 3 is 2.38 bits per heavy atom. The molecular formula is C16H14INO3. The molecule has 0 spiro atoms. The smallest absolute Gasteiger partial charge is 0.337 e. The van der Waals surface area contributed by atoms with E-state index in [1.807, 2.05) is 18.2 Å². The van der Waals surface area contributed by atoms with Crippen molar-refractivity contribution in [2.45, 2.75) is 6.54 Å². The Morgan fingerprint density at radius 1 is 1.10 bits per heavy atom. The summed E-state index contributed by atoms with van der Waals surface area (Å²) in [5, 5.41) is 2.86. The fourth-order valence-electron chi connectivity index (χ4n) is 1.80. The molecule has 0 saturated heterocycles. The van der Waals surface area contributed by atoms with Gasteiger partial charge in [0.1, 0.15) is 0 Å². The zero-order valence-electron chi connectivity index (χ0n) is 11.4. The van der Waals surface area contributed by atoms with E-state index in [9.17, 15) is 9.59 Å². The first-order chi connectivity index (χ1) is 10.1. The zero-order chi connectivity index (χ0) is 15.2.